The van der Waals surface area contributed by atoms with Crippen LogP contribution in [-0.2, 0) is 9.59 Å². The van der Waals surface area contributed by atoms with E-state index in [4.69, 9.17) is 21.1 Å². The summed E-state index contributed by atoms with van der Waals surface area (Å²) < 4.78 is 11.0. The Labute approximate surface area is 159 Å². The smallest absolute Gasteiger partial charge is 0.247 e. The number of halogens is 1. The van der Waals surface area contributed by atoms with Gasteiger partial charge in [0, 0.05) is 19.2 Å². The van der Waals surface area contributed by atoms with Gasteiger partial charge >= 0.3 is 0 Å². The quantitative estimate of drug-likeness (QED) is 0.738. The molecule has 0 aromatic heterocycles. The van der Waals surface area contributed by atoms with E-state index in [2.05, 4.69) is 5.32 Å². The van der Waals surface area contributed by atoms with E-state index in [9.17, 15) is 9.59 Å². The van der Waals surface area contributed by atoms with Crippen molar-refractivity contribution in [1.29, 1.82) is 0 Å². The molecule has 0 spiro atoms. The number of carbonyl (C=O) groups excluding carboxylic acids is 2. The van der Waals surface area contributed by atoms with Crippen molar-refractivity contribution in [3.63, 3.8) is 0 Å². The first-order chi connectivity index (χ1) is 12.5. The lowest BCUT2D eigenvalue weighted by atomic mass is 10.1. The van der Waals surface area contributed by atoms with Crippen LogP contribution in [0.3, 0.4) is 0 Å². The van der Waals surface area contributed by atoms with Crippen LogP contribution in [0.1, 0.15) is 32.3 Å². The molecule has 1 aromatic carbocycles. The van der Waals surface area contributed by atoms with Crippen molar-refractivity contribution in [3.05, 3.63) is 28.8 Å². The van der Waals surface area contributed by atoms with Crippen LogP contribution >= 0.6 is 11.6 Å². The van der Waals surface area contributed by atoms with E-state index in [1.54, 1.807) is 30.2 Å². The molecule has 1 N–H and O–H groups in total. The number of hydrogen-bond donors (Lipinski definition) is 1. The van der Waals surface area contributed by atoms with Crippen molar-refractivity contribution in [2.75, 3.05) is 26.8 Å². The van der Waals surface area contributed by atoms with Gasteiger partial charge in [0.15, 0.2) is 11.5 Å². The lowest BCUT2D eigenvalue weighted by Gasteiger charge is -2.33. The first-order valence-electron chi connectivity index (χ1n) is 8.78. The summed E-state index contributed by atoms with van der Waals surface area (Å²) in [6.07, 6.45) is 4.56. The topological polar surface area (TPSA) is 67.9 Å². The summed E-state index contributed by atoms with van der Waals surface area (Å²) >= 11 is 6.29. The largest absolute Gasteiger partial charge is 0.493 e. The second kappa shape index (κ2) is 9.48. The lowest BCUT2D eigenvalue weighted by Crippen LogP contribution is -2.56. The third-order valence-electron chi connectivity index (χ3n) is 4.12. The van der Waals surface area contributed by atoms with Gasteiger partial charge in [-0.25, -0.2) is 0 Å². The minimum Gasteiger partial charge on any atom is -0.493 e. The zero-order valence-electron chi connectivity index (χ0n) is 15.4. The molecule has 1 heterocycles. The van der Waals surface area contributed by atoms with Crippen LogP contribution in [0.5, 0.6) is 11.5 Å². The van der Waals surface area contributed by atoms with Gasteiger partial charge in [0.25, 0.3) is 0 Å². The molecule has 1 fully saturated rings. The Morgan fingerprint density at radius 3 is 2.85 bits per heavy atom. The van der Waals surface area contributed by atoms with Crippen molar-refractivity contribution in [1.82, 2.24) is 10.2 Å². The van der Waals surface area contributed by atoms with E-state index < -0.39 is 6.04 Å². The number of ether oxygens (including phenoxy) is 2. The maximum absolute atomic E-state index is 12.5. The molecule has 1 aliphatic rings. The van der Waals surface area contributed by atoms with Crippen LogP contribution in [0, 0.1) is 0 Å². The highest BCUT2D eigenvalue weighted by Crippen LogP contribution is 2.36. The molecule has 142 valence electrons. The van der Waals surface area contributed by atoms with Gasteiger partial charge in [-0.1, -0.05) is 25.4 Å². The fourth-order valence-corrected chi connectivity index (χ4v) is 3.10. The molecular formula is C19H25ClN2O4. The predicted octanol–water partition coefficient (Wildman–Crippen LogP) is 2.89. The van der Waals surface area contributed by atoms with E-state index in [1.165, 1.54) is 6.08 Å². The Morgan fingerprint density at radius 2 is 2.19 bits per heavy atom. The summed E-state index contributed by atoms with van der Waals surface area (Å²) in [5, 5.41) is 3.21. The first-order valence-corrected chi connectivity index (χ1v) is 9.16. The lowest BCUT2D eigenvalue weighted by molar-refractivity contribution is -0.140. The molecule has 0 radical (unpaired) electrons. The van der Waals surface area contributed by atoms with Gasteiger partial charge in [-0.05, 0) is 36.6 Å². The zero-order valence-corrected chi connectivity index (χ0v) is 16.1. The van der Waals surface area contributed by atoms with Gasteiger partial charge in [-0.3, -0.25) is 9.59 Å². The molecule has 1 unspecified atom stereocenters. The van der Waals surface area contributed by atoms with Crippen molar-refractivity contribution in [3.8, 4) is 11.5 Å². The van der Waals surface area contributed by atoms with Gasteiger partial charge in [-0.15, -0.1) is 0 Å². The highest BCUT2D eigenvalue weighted by Gasteiger charge is 2.30. The Balaban J connectivity index is 2.17. The standard InChI is InChI=1S/C19H25ClN2O4/c1-4-10-26-18-14(20)11-13(12-16(18)25-3)6-7-17(23)22-9-8-21-19(24)15(22)5-2/h6-7,11-12,15H,4-5,8-10H2,1-3H3,(H,21,24). The van der Waals surface area contributed by atoms with Crippen molar-refractivity contribution >= 4 is 29.5 Å². The van der Waals surface area contributed by atoms with Crippen LogP contribution in [0.4, 0.5) is 0 Å². The Morgan fingerprint density at radius 1 is 1.42 bits per heavy atom. The van der Waals surface area contributed by atoms with Crippen LogP contribution < -0.4 is 14.8 Å². The summed E-state index contributed by atoms with van der Waals surface area (Å²) in [6, 6.07) is 3.06. The van der Waals surface area contributed by atoms with Gasteiger partial charge in [-0.2, -0.15) is 0 Å². The fourth-order valence-electron chi connectivity index (χ4n) is 2.83. The zero-order chi connectivity index (χ0) is 19.1. The summed E-state index contributed by atoms with van der Waals surface area (Å²) in [5.74, 6) is 0.704. The van der Waals surface area contributed by atoms with Crippen molar-refractivity contribution < 1.29 is 19.1 Å². The number of methoxy groups -OCH3 is 1. The van der Waals surface area contributed by atoms with Gasteiger partial charge in [0.1, 0.15) is 6.04 Å². The second-order valence-electron chi connectivity index (χ2n) is 5.96. The highest BCUT2D eigenvalue weighted by atomic mass is 35.5. The molecule has 6 nitrogen and oxygen atoms in total. The van der Waals surface area contributed by atoms with E-state index >= 15 is 0 Å². The average molecular weight is 381 g/mol. The summed E-state index contributed by atoms with van der Waals surface area (Å²) in [4.78, 5) is 26.0. The molecule has 26 heavy (non-hydrogen) atoms. The van der Waals surface area contributed by atoms with Gasteiger partial charge < -0.3 is 19.7 Å². The van der Waals surface area contributed by atoms with E-state index in [-0.39, 0.29) is 11.8 Å². The molecule has 1 atom stereocenters. The third kappa shape index (κ3) is 4.69. The minimum atomic E-state index is -0.427. The number of amides is 2. The van der Waals surface area contributed by atoms with E-state index in [1.807, 2.05) is 13.8 Å². The van der Waals surface area contributed by atoms with Crippen LogP contribution in [0.15, 0.2) is 18.2 Å². The maximum atomic E-state index is 12.5. The second-order valence-corrected chi connectivity index (χ2v) is 6.37. The van der Waals surface area contributed by atoms with Crippen LogP contribution in [-0.4, -0.2) is 49.6 Å². The monoisotopic (exact) mass is 380 g/mol. The molecule has 2 amide bonds. The number of benzene rings is 1. The molecule has 0 bridgehead atoms. The minimum absolute atomic E-state index is 0.109. The molecule has 0 saturated carbocycles. The number of hydrogen-bond acceptors (Lipinski definition) is 4. The molecule has 0 aliphatic carbocycles. The summed E-state index contributed by atoms with van der Waals surface area (Å²) in [7, 11) is 1.54. The molecular weight excluding hydrogens is 356 g/mol. The summed E-state index contributed by atoms with van der Waals surface area (Å²) in [6.45, 7) is 5.41. The first kappa shape index (κ1) is 20.1. The number of carbonyl (C=O) groups is 2. The molecule has 7 heteroatoms. The Bertz CT molecular complexity index is 690. The average Bonchev–Trinajstić information content (AvgIpc) is 2.64. The van der Waals surface area contributed by atoms with Gasteiger partial charge in [0.05, 0.1) is 18.7 Å². The van der Waals surface area contributed by atoms with E-state index in [0.29, 0.717) is 42.6 Å². The number of nitrogens with one attached hydrogen (secondary N) is 1. The molecule has 2 rings (SSSR count). The Hall–Kier alpha value is -2.21. The number of rotatable bonds is 7. The Kier molecular flexibility index (Phi) is 7.33. The fraction of sp³-hybridized carbons (Fsp3) is 0.474. The predicted molar refractivity (Wildman–Crippen MR) is 102 cm³/mol. The number of piperazine rings is 1. The molecule has 1 aliphatic heterocycles. The summed E-state index contributed by atoms with van der Waals surface area (Å²) in [5.41, 5.74) is 0.721. The van der Waals surface area contributed by atoms with Crippen molar-refractivity contribution in [2.24, 2.45) is 0 Å². The maximum Gasteiger partial charge on any atom is 0.247 e. The van der Waals surface area contributed by atoms with E-state index in [0.717, 1.165) is 12.0 Å². The molecule has 1 saturated heterocycles. The van der Waals surface area contributed by atoms with Gasteiger partial charge in [0.2, 0.25) is 11.8 Å². The van der Waals surface area contributed by atoms with Crippen molar-refractivity contribution in [2.45, 2.75) is 32.7 Å². The highest BCUT2D eigenvalue weighted by molar-refractivity contribution is 6.32. The SMILES string of the molecule is CCCOc1c(Cl)cc(C=CC(=O)N2CCNC(=O)C2CC)cc1OC. The normalized spacial score (nSPS) is 17.3. The third-order valence-corrected chi connectivity index (χ3v) is 4.40. The van der Waals surface area contributed by atoms with Crippen LogP contribution in [0.2, 0.25) is 5.02 Å². The molecule has 1 aromatic rings. The number of nitrogens with zero attached hydrogens (tertiary/aromatic N) is 1. The van der Waals surface area contributed by atoms with Crippen LogP contribution in [0.25, 0.3) is 6.08 Å².